The summed E-state index contributed by atoms with van der Waals surface area (Å²) in [5.74, 6) is 2.04. The molecule has 1 heterocycles. The summed E-state index contributed by atoms with van der Waals surface area (Å²) in [6.45, 7) is 6.11. The fourth-order valence-electron chi connectivity index (χ4n) is 2.96. The third kappa shape index (κ3) is 3.92. The molecule has 3 rings (SSSR count). The van der Waals surface area contributed by atoms with E-state index in [9.17, 15) is 9.59 Å². The van der Waals surface area contributed by atoms with Crippen molar-refractivity contribution in [1.82, 2.24) is 4.90 Å². The van der Waals surface area contributed by atoms with Gasteiger partial charge in [0.1, 0.15) is 0 Å². The van der Waals surface area contributed by atoms with Gasteiger partial charge in [-0.15, -0.1) is 0 Å². The topological polar surface area (TPSA) is 58.6 Å². The summed E-state index contributed by atoms with van der Waals surface area (Å²) >= 11 is 1.88. The molecule has 2 amide bonds. The number of thioether (sulfide) groups is 1. The predicted molar refractivity (Wildman–Crippen MR) is 96.6 cm³/mol. The molecule has 0 radical (unpaired) electrons. The van der Waals surface area contributed by atoms with Crippen LogP contribution < -0.4 is 5.32 Å². The van der Waals surface area contributed by atoms with Crippen LogP contribution in [0.1, 0.15) is 29.3 Å². The van der Waals surface area contributed by atoms with Crippen LogP contribution in [0.2, 0.25) is 0 Å². The first-order chi connectivity index (χ1) is 11.6. The SMILES string of the molecule is CCO[C@@H]1C[C@@H]1C(=O)Nc1ccc(C(=O)N2CCSCC2)cc1C. The third-order valence-electron chi connectivity index (χ3n) is 4.48. The van der Waals surface area contributed by atoms with Crippen molar-refractivity contribution in [2.24, 2.45) is 5.92 Å². The van der Waals surface area contributed by atoms with Gasteiger partial charge in [0.2, 0.25) is 5.91 Å². The average Bonchev–Trinajstić information content (AvgIpc) is 3.36. The smallest absolute Gasteiger partial charge is 0.253 e. The highest BCUT2D eigenvalue weighted by atomic mass is 32.2. The van der Waals surface area contributed by atoms with E-state index >= 15 is 0 Å². The van der Waals surface area contributed by atoms with Crippen LogP contribution in [0, 0.1) is 12.8 Å². The van der Waals surface area contributed by atoms with Crippen molar-refractivity contribution < 1.29 is 14.3 Å². The van der Waals surface area contributed by atoms with Gasteiger partial charge >= 0.3 is 0 Å². The highest BCUT2D eigenvalue weighted by Crippen LogP contribution is 2.35. The minimum absolute atomic E-state index is 0.00341. The van der Waals surface area contributed by atoms with Crippen LogP contribution in [0.3, 0.4) is 0 Å². The van der Waals surface area contributed by atoms with Crippen LogP contribution in [0.4, 0.5) is 5.69 Å². The molecule has 5 nitrogen and oxygen atoms in total. The van der Waals surface area contributed by atoms with Gasteiger partial charge in [0.05, 0.1) is 12.0 Å². The summed E-state index contributed by atoms with van der Waals surface area (Å²) in [7, 11) is 0. The number of amides is 2. The minimum atomic E-state index is -0.0449. The third-order valence-corrected chi connectivity index (χ3v) is 5.42. The molecule has 1 aromatic carbocycles. The average molecular weight is 348 g/mol. The molecule has 2 atom stereocenters. The Bertz CT molecular complexity index is 629. The Balaban J connectivity index is 1.62. The zero-order chi connectivity index (χ0) is 17.1. The number of hydrogen-bond donors (Lipinski definition) is 1. The lowest BCUT2D eigenvalue weighted by molar-refractivity contribution is -0.118. The number of carbonyl (C=O) groups excluding carboxylic acids is 2. The first kappa shape index (κ1) is 17.3. The van der Waals surface area contributed by atoms with Crippen molar-refractivity contribution in [1.29, 1.82) is 0 Å². The molecule has 1 aliphatic heterocycles. The molecule has 0 aromatic heterocycles. The number of rotatable bonds is 5. The fraction of sp³-hybridized carbons (Fsp3) is 0.556. The van der Waals surface area contributed by atoms with Crippen molar-refractivity contribution >= 4 is 29.3 Å². The van der Waals surface area contributed by atoms with E-state index in [-0.39, 0.29) is 23.8 Å². The van der Waals surface area contributed by atoms with E-state index in [1.165, 1.54) is 0 Å². The molecule has 1 aromatic rings. The van der Waals surface area contributed by atoms with E-state index in [0.29, 0.717) is 12.2 Å². The Morgan fingerprint density at radius 1 is 1.33 bits per heavy atom. The van der Waals surface area contributed by atoms with E-state index < -0.39 is 0 Å². The molecule has 0 spiro atoms. The van der Waals surface area contributed by atoms with Gasteiger partial charge in [-0.25, -0.2) is 0 Å². The van der Waals surface area contributed by atoms with E-state index in [0.717, 1.165) is 42.3 Å². The highest BCUT2D eigenvalue weighted by Gasteiger charge is 2.44. The van der Waals surface area contributed by atoms with Crippen LogP contribution in [-0.2, 0) is 9.53 Å². The summed E-state index contributed by atoms with van der Waals surface area (Å²) in [5, 5.41) is 2.96. The van der Waals surface area contributed by atoms with Crippen LogP contribution >= 0.6 is 11.8 Å². The second-order valence-electron chi connectivity index (χ2n) is 6.26. The molecule has 2 aliphatic rings. The minimum Gasteiger partial charge on any atom is -0.378 e. The molecule has 1 saturated heterocycles. The summed E-state index contributed by atoms with van der Waals surface area (Å²) in [4.78, 5) is 26.6. The van der Waals surface area contributed by atoms with E-state index in [1.807, 2.05) is 42.6 Å². The number of aryl methyl sites for hydroxylation is 1. The van der Waals surface area contributed by atoms with Gasteiger partial charge in [-0.2, -0.15) is 11.8 Å². The number of anilines is 1. The van der Waals surface area contributed by atoms with Crippen LogP contribution in [0.5, 0.6) is 0 Å². The Morgan fingerprint density at radius 3 is 2.75 bits per heavy atom. The van der Waals surface area contributed by atoms with Gasteiger partial charge in [-0.3, -0.25) is 9.59 Å². The normalized spacial score (nSPS) is 23.0. The number of nitrogens with zero attached hydrogens (tertiary/aromatic N) is 1. The molecule has 2 fully saturated rings. The Kier molecular flexibility index (Phi) is 5.46. The van der Waals surface area contributed by atoms with Crippen LogP contribution in [-0.4, -0.2) is 54.0 Å². The Morgan fingerprint density at radius 2 is 2.08 bits per heavy atom. The van der Waals surface area contributed by atoms with Crippen molar-refractivity contribution in [3.63, 3.8) is 0 Å². The first-order valence-electron chi connectivity index (χ1n) is 8.50. The molecule has 6 heteroatoms. The highest BCUT2D eigenvalue weighted by molar-refractivity contribution is 7.99. The van der Waals surface area contributed by atoms with Crippen molar-refractivity contribution in [2.75, 3.05) is 36.5 Å². The van der Waals surface area contributed by atoms with Crippen LogP contribution in [0.25, 0.3) is 0 Å². The maximum atomic E-state index is 12.5. The lowest BCUT2D eigenvalue weighted by Gasteiger charge is -2.26. The van der Waals surface area contributed by atoms with Gasteiger partial charge in [0, 0.05) is 42.5 Å². The molecule has 1 N–H and O–H groups in total. The summed E-state index contributed by atoms with van der Waals surface area (Å²) < 4.78 is 5.46. The van der Waals surface area contributed by atoms with Gasteiger partial charge in [-0.05, 0) is 44.0 Å². The summed E-state index contributed by atoms with van der Waals surface area (Å²) in [5.41, 5.74) is 2.37. The van der Waals surface area contributed by atoms with Gasteiger partial charge in [-0.1, -0.05) is 0 Å². The van der Waals surface area contributed by atoms with E-state index in [4.69, 9.17) is 4.74 Å². The Labute approximate surface area is 147 Å². The second-order valence-corrected chi connectivity index (χ2v) is 7.48. The number of hydrogen-bond acceptors (Lipinski definition) is 4. The van der Waals surface area contributed by atoms with Crippen molar-refractivity contribution in [2.45, 2.75) is 26.4 Å². The maximum absolute atomic E-state index is 12.5. The number of ether oxygens (including phenoxy) is 1. The van der Waals surface area contributed by atoms with Crippen LogP contribution in [0.15, 0.2) is 18.2 Å². The largest absolute Gasteiger partial charge is 0.378 e. The standard InChI is InChI=1S/C18H24N2O3S/c1-3-23-16-11-14(16)17(21)19-15-5-4-13(10-12(15)2)18(22)20-6-8-24-9-7-20/h4-5,10,14,16H,3,6-9,11H2,1-2H3,(H,19,21)/t14-,16+/m0/s1. The lowest BCUT2D eigenvalue weighted by atomic mass is 10.1. The number of benzene rings is 1. The molecule has 0 unspecified atom stereocenters. The summed E-state index contributed by atoms with van der Waals surface area (Å²) in [6.07, 6.45) is 0.857. The predicted octanol–water partition coefficient (Wildman–Crippen LogP) is 2.55. The number of nitrogens with one attached hydrogen (secondary N) is 1. The summed E-state index contributed by atoms with van der Waals surface area (Å²) in [6, 6.07) is 5.50. The molecular formula is C18H24N2O3S. The van der Waals surface area contributed by atoms with Gasteiger partial charge in [0.15, 0.2) is 0 Å². The molecular weight excluding hydrogens is 324 g/mol. The molecule has 1 saturated carbocycles. The quantitative estimate of drug-likeness (QED) is 0.888. The van der Waals surface area contributed by atoms with Gasteiger partial charge in [0.25, 0.3) is 5.91 Å². The molecule has 24 heavy (non-hydrogen) atoms. The van der Waals surface area contributed by atoms with Crippen molar-refractivity contribution in [3.8, 4) is 0 Å². The maximum Gasteiger partial charge on any atom is 0.253 e. The second kappa shape index (κ2) is 7.57. The molecule has 130 valence electrons. The van der Waals surface area contributed by atoms with E-state index in [1.54, 1.807) is 6.07 Å². The van der Waals surface area contributed by atoms with Gasteiger partial charge < -0.3 is 15.0 Å². The molecule has 0 bridgehead atoms. The monoisotopic (exact) mass is 348 g/mol. The zero-order valence-corrected chi connectivity index (χ0v) is 15.0. The number of carbonyl (C=O) groups is 2. The Hall–Kier alpha value is -1.53. The molecule has 1 aliphatic carbocycles. The lowest BCUT2D eigenvalue weighted by Crippen LogP contribution is -2.37. The first-order valence-corrected chi connectivity index (χ1v) is 9.65. The van der Waals surface area contributed by atoms with Crippen molar-refractivity contribution in [3.05, 3.63) is 29.3 Å². The zero-order valence-electron chi connectivity index (χ0n) is 14.2. The fourth-order valence-corrected chi connectivity index (χ4v) is 3.86. The van der Waals surface area contributed by atoms with E-state index in [2.05, 4.69) is 5.32 Å².